The number of benzene rings is 1. The number of hydrogen-bond acceptors (Lipinski definition) is 4. The van der Waals surface area contributed by atoms with Crippen LogP contribution in [0.1, 0.15) is 25.3 Å². The summed E-state index contributed by atoms with van der Waals surface area (Å²) in [5.74, 6) is 0.369. The van der Waals surface area contributed by atoms with E-state index in [1.54, 1.807) is 6.07 Å². The smallest absolute Gasteiger partial charge is 0.243 e. The zero-order valence-electron chi connectivity index (χ0n) is 11.8. The standard InChI is InChI=1S/C14H18BrN3O2S/c1-10(17)12-2-4-18(5-3-12)21(19,20)14-7-11(9-16)6-13(15)8-14/h6-8,10,12H,2-5,17H2,1H3. The number of halogens is 1. The van der Waals surface area contributed by atoms with Gasteiger partial charge in [-0.2, -0.15) is 9.57 Å². The molecule has 0 bridgehead atoms. The Kier molecular flexibility index (Phi) is 5.04. The van der Waals surface area contributed by atoms with Crippen LogP contribution in [0.3, 0.4) is 0 Å². The number of nitriles is 1. The molecule has 2 rings (SSSR count). The van der Waals surface area contributed by atoms with E-state index in [9.17, 15) is 8.42 Å². The van der Waals surface area contributed by atoms with Gasteiger partial charge in [-0.3, -0.25) is 0 Å². The Morgan fingerprint density at radius 2 is 2.00 bits per heavy atom. The molecule has 0 spiro atoms. The van der Waals surface area contributed by atoms with Crippen LogP contribution in [-0.2, 0) is 10.0 Å². The molecule has 21 heavy (non-hydrogen) atoms. The van der Waals surface area contributed by atoms with Gasteiger partial charge in [-0.1, -0.05) is 15.9 Å². The minimum absolute atomic E-state index is 0.0888. The summed E-state index contributed by atoms with van der Waals surface area (Å²) in [6.45, 7) is 2.91. The summed E-state index contributed by atoms with van der Waals surface area (Å²) in [7, 11) is -3.55. The SMILES string of the molecule is CC(N)C1CCN(S(=O)(=O)c2cc(Br)cc(C#N)c2)CC1. The average Bonchev–Trinajstić information content (AvgIpc) is 2.46. The van der Waals surface area contributed by atoms with E-state index in [0.29, 0.717) is 29.0 Å². The van der Waals surface area contributed by atoms with Gasteiger partial charge in [0, 0.05) is 23.6 Å². The molecule has 0 saturated carbocycles. The molecule has 0 aromatic heterocycles. The number of sulfonamides is 1. The first kappa shape index (κ1) is 16.4. The average molecular weight is 372 g/mol. The van der Waals surface area contributed by atoms with Crippen molar-refractivity contribution in [3.05, 3.63) is 28.2 Å². The van der Waals surface area contributed by atoms with Crippen LogP contribution < -0.4 is 5.73 Å². The van der Waals surface area contributed by atoms with Crippen molar-refractivity contribution in [3.8, 4) is 6.07 Å². The van der Waals surface area contributed by atoms with Crippen molar-refractivity contribution in [2.45, 2.75) is 30.7 Å². The van der Waals surface area contributed by atoms with Crippen molar-refractivity contribution < 1.29 is 8.42 Å². The second-order valence-electron chi connectivity index (χ2n) is 5.39. The van der Waals surface area contributed by atoms with Crippen molar-refractivity contribution in [2.75, 3.05) is 13.1 Å². The summed E-state index contributed by atoms with van der Waals surface area (Å²) >= 11 is 3.25. The van der Waals surface area contributed by atoms with Gasteiger partial charge in [0.2, 0.25) is 10.0 Å². The van der Waals surface area contributed by atoms with E-state index in [-0.39, 0.29) is 10.9 Å². The van der Waals surface area contributed by atoms with Gasteiger partial charge < -0.3 is 5.73 Å². The fraction of sp³-hybridized carbons (Fsp3) is 0.500. The maximum atomic E-state index is 12.6. The molecule has 1 fully saturated rings. The van der Waals surface area contributed by atoms with Gasteiger partial charge in [-0.15, -0.1) is 0 Å². The van der Waals surface area contributed by atoms with E-state index >= 15 is 0 Å². The van der Waals surface area contributed by atoms with E-state index in [4.69, 9.17) is 11.0 Å². The van der Waals surface area contributed by atoms with Gasteiger partial charge in [0.15, 0.2) is 0 Å². The normalized spacial score (nSPS) is 19.1. The Bertz CT molecular complexity index is 659. The van der Waals surface area contributed by atoms with Crippen molar-refractivity contribution in [1.29, 1.82) is 5.26 Å². The van der Waals surface area contributed by atoms with Crippen LogP contribution in [-0.4, -0.2) is 31.9 Å². The van der Waals surface area contributed by atoms with E-state index in [2.05, 4.69) is 15.9 Å². The van der Waals surface area contributed by atoms with Gasteiger partial charge in [-0.25, -0.2) is 8.42 Å². The predicted molar refractivity (Wildman–Crippen MR) is 84.0 cm³/mol. The third kappa shape index (κ3) is 3.64. The highest BCUT2D eigenvalue weighted by Gasteiger charge is 2.30. The molecule has 7 heteroatoms. The molecule has 1 heterocycles. The van der Waals surface area contributed by atoms with Crippen LogP contribution in [0.25, 0.3) is 0 Å². The predicted octanol–water partition coefficient (Wildman–Crippen LogP) is 2.07. The lowest BCUT2D eigenvalue weighted by Crippen LogP contribution is -2.42. The molecule has 1 aliphatic heterocycles. The van der Waals surface area contributed by atoms with Gasteiger partial charge >= 0.3 is 0 Å². The summed E-state index contributed by atoms with van der Waals surface area (Å²) in [4.78, 5) is 0.160. The molecule has 0 amide bonds. The first-order valence-electron chi connectivity index (χ1n) is 6.81. The van der Waals surface area contributed by atoms with Crippen LogP contribution >= 0.6 is 15.9 Å². The minimum Gasteiger partial charge on any atom is -0.328 e. The van der Waals surface area contributed by atoms with Crippen LogP contribution in [0.4, 0.5) is 0 Å². The molecule has 1 aliphatic rings. The summed E-state index contributed by atoms with van der Waals surface area (Å²) in [5, 5.41) is 8.97. The van der Waals surface area contributed by atoms with Crippen molar-refractivity contribution >= 4 is 26.0 Å². The zero-order chi connectivity index (χ0) is 15.6. The quantitative estimate of drug-likeness (QED) is 0.880. The number of nitrogens with zero attached hydrogens (tertiary/aromatic N) is 2. The van der Waals surface area contributed by atoms with Gasteiger partial charge in [-0.05, 0) is 43.9 Å². The van der Waals surface area contributed by atoms with E-state index < -0.39 is 10.0 Å². The fourth-order valence-corrected chi connectivity index (χ4v) is 4.75. The van der Waals surface area contributed by atoms with E-state index in [0.717, 1.165) is 12.8 Å². The lowest BCUT2D eigenvalue weighted by molar-refractivity contribution is 0.250. The minimum atomic E-state index is -3.55. The van der Waals surface area contributed by atoms with Crippen molar-refractivity contribution in [3.63, 3.8) is 0 Å². The number of piperidine rings is 1. The van der Waals surface area contributed by atoms with Gasteiger partial charge in [0.25, 0.3) is 0 Å². The molecule has 2 N–H and O–H groups in total. The number of nitrogens with two attached hydrogens (primary N) is 1. The monoisotopic (exact) mass is 371 g/mol. The second-order valence-corrected chi connectivity index (χ2v) is 8.24. The van der Waals surface area contributed by atoms with Crippen molar-refractivity contribution in [2.24, 2.45) is 11.7 Å². The lowest BCUT2D eigenvalue weighted by atomic mass is 9.92. The van der Waals surface area contributed by atoms with E-state index in [1.807, 2.05) is 13.0 Å². The Labute approximate surface area is 133 Å². The third-order valence-electron chi connectivity index (χ3n) is 3.88. The molecule has 1 aromatic rings. The molecule has 0 aliphatic carbocycles. The van der Waals surface area contributed by atoms with Crippen LogP contribution in [0.5, 0.6) is 0 Å². The highest BCUT2D eigenvalue weighted by Crippen LogP contribution is 2.27. The van der Waals surface area contributed by atoms with Crippen LogP contribution in [0, 0.1) is 17.2 Å². The Hall–Kier alpha value is -0.940. The summed E-state index contributed by atoms with van der Waals surface area (Å²) in [5.41, 5.74) is 6.21. The molecule has 1 atom stereocenters. The highest BCUT2D eigenvalue weighted by molar-refractivity contribution is 9.10. The lowest BCUT2D eigenvalue weighted by Gasteiger charge is -2.33. The maximum Gasteiger partial charge on any atom is 0.243 e. The van der Waals surface area contributed by atoms with Gasteiger partial charge in [0.05, 0.1) is 16.5 Å². The maximum absolute atomic E-state index is 12.6. The summed E-state index contributed by atoms with van der Waals surface area (Å²) < 4.78 is 27.4. The zero-order valence-corrected chi connectivity index (χ0v) is 14.2. The largest absolute Gasteiger partial charge is 0.328 e. The van der Waals surface area contributed by atoms with Crippen LogP contribution in [0.15, 0.2) is 27.6 Å². The molecule has 0 radical (unpaired) electrons. The molecule has 1 aromatic carbocycles. The Morgan fingerprint density at radius 1 is 1.38 bits per heavy atom. The van der Waals surface area contributed by atoms with E-state index in [1.165, 1.54) is 16.4 Å². The van der Waals surface area contributed by atoms with Gasteiger partial charge in [0.1, 0.15) is 0 Å². The Balaban J connectivity index is 2.24. The van der Waals surface area contributed by atoms with Crippen LogP contribution in [0.2, 0.25) is 0 Å². The molecule has 114 valence electrons. The topological polar surface area (TPSA) is 87.2 Å². The Morgan fingerprint density at radius 3 is 2.52 bits per heavy atom. The third-order valence-corrected chi connectivity index (χ3v) is 6.21. The number of rotatable bonds is 3. The molecule has 1 unspecified atom stereocenters. The molecular formula is C14H18BrN3O2S. The first-order chi connectivity index (χ1) is 9.84. The highest BCUT2D eigenvalue weighted by atomic mass is 79.9. The molecule has 5 nitrogen and oxygen atoms in total. The molecular weight excluding hydrogens is 354 g/mol. The number of hydrogen-bond donors (Lipinski definition) is 1. The van der Waals surface area contributed by atoms with Crippen molar-refractivity contribution in [1.82, 2.24) is 4.31 Å². The molecule has 1 saturated heterocycles. The summed E-state index contributed by atoms with van der Waals surface area (Å²) in [6.07, 6.45) is 1.55. The summed E-state index contributed by atoms with van der Waals surface area (Å²) in [6, 6.07) is 6.61. The second kappa shape index (κ2) is 6.44. The first-order valence-corrected chi connectivity index (χ1v) is 9.04. The fourth-order valence-electron chi connectivity index (χ4n) is 2.57.